The van der Waals surface area contributed by atoms with Gasteiger partial charge in [0, 0.05) is 19.1 Å². The lowest BCUT2D eigenvalue weighted by atomic mass is 9.76. The summed E-state index contributed by atoms with van der Waals surface area (Å²) in [4.78, 5) is 2.56. The van der Waals surface area contributed by atoms with Crippen molar-refractivity contribution in [3.63, 3.8) is 0 Å². The summed E-state index contributed by atoms with van der Waals surface area (Å²) < 4.78 is 0. The van der Waals surface area contributed by atoms with Gasteiger partial charge in [-0.05, 0) is 51.1 Å². The number of nitrogens with zero attached hydrogens (tertiary/aromatic N) is 1. The fraction of sp³-hybridized carbons (Fsp3) is 1.00. The van der Waals surface area contributed by atoms with Crippen LogP contribution in [-0.4, -0.2) is 38.1 Å². The molecule has 108 valence electrons. The Bertz CT molecular complexity index is 217. The molecule has 0 aromatic heterocycles. The zero-order chi connectivity index (χ0) is 13.5. The molecule has 0 spiro atoms. The molecule has 18 heavy (non-hydrogen) atoms. The van der Waals surface area contributed by atoms with Crippen molar-refractivity contribution >= 4 is 0 Å². The Kier molecular flexibility index (Phi) is 7.25. The highest BCUT2D eigenvalue weighted by Crippen LogP contribution is 2.31. The maximum absolute atomic E-state index is 3.54. The Labute approximate surface area is 115 Å². The van der Waals surface area contributed by atoms with Crippen LogP contribution in [0.3, 0.4) is 0 Å². The van der Waals surface area contributed by atoms with Crippen molar-refractivity contribution in [2.75, 3.05) is 27.2 Å². The first-order chi connectivity index (χ1) is 8.60. The predicted octanol–water partition coefficient (Wildman–Crippen LogP) is 3.38. The molecule has 1 aliphatic rings. The van der Waals surface area contributed by atoms with E-state index >= 15 is 0 Å². The van der Waals surface area contributed by atoms with Crippen molar-refractivity contribution in [2.45, 2.75) is 58.9 Å². The third kappa shape index (κ3) is 4.89. The van der Waals surface area contributed by atoms with Crippen molar-refractivity contribution in [2.24, 2.45) is 17.8 Å². The standard InChI is InChI=1S/C16H34N2/c1-6-13(3)11-18(5)12-15-10-14(7-2)8-9-16(15)17-4/h13-17H,6-12H2,1-5H3. The lowest BCUT2D eigenvalue weighted by Gasteiger charge is -2.38. The van der Waals surface area contributed by atoms with E-state index in [9.17, 15) is 0 Å². The van der Waals surface area contributed by atoms with Gasteiger partial charge in [0.2, 0.25) is 0 Å². The van der Waals surface area contributed by atoms with E-state index in [0.29, 0.717) is 0 Å². The lowest BCUT2D eigenvalue weighted by Crippen LogP contribution is -2.44. The summed E-state index contributed by atoms with van der Waals surface area (Å²) in [5.41, 5.74) is 0. The molecule has 2 nitrogen and oxygen atoms in total. The van der Waals surface area contributed by atoms with Gasteiger partial charge in [0.15, 0.2) is 0 Å². The van der Waals surface area contributed by atoms with Gasteiger partial charge < -0.3 is 10.2 Å². The fourth-order valence-electron chi connectivity index (χ4n) is 3.45. The topological polar surface area (TPSA) is 15.3 Å². The van der Waals surface area contributed by atoms with E-state index < -0.39 is 0 Å². The number of hydrogen-bond donors (Lipinski definition) is 1. The SMILES string of the molecule is CCC(C)CN(C)CC1CC(CC)CCC1NC. The van der Waals surface area contributed by atoms with Crippen molar-refractivity contribution < 1.29 is 0 Å². The molecule has 4 atom stereocenters. The van der Waals surface area contributed by atoms with Crippen molar-refractivity contribution in [3.8, 4) is 0 Å². The Morgan fingerprint density at radius 3 is 2.56 bits per heavy atom. The van der Waals surface area contributed by atoms with Crippen LogP contribution in [-0.2, 0) is 0 Å². The maximum Gasteiger partial charge on any atom is 0.0105 e. The molecule has 0 saturated heterocycles. The van der Waals surface area contributed by atoms with Crippen LogP contribution in [0.4, 0.5) is 0 Å². The molecule has 0 amide bonds. The van der Waals surface area contributed by atoms with E-state index in [1.165, 1.54) is 45.2 Å². The van der Waals surface area contributed by atoms with E-state index in [2.05, 4.69) is 45.1 Å². The van der Waals surface area contributed by atoms with E-state index in [0.717, 1.165) is 23.8 Å². The summed E-state index contributed by atoms with van der Waals surface area (Å²) in [5, 5.41) is 3.54. The van der Waals surface area contributed by atoms with Crippen LogP contribution in [0, 0.1) is 17.8 Å². The molecule has 1 fully saturated rings. The smallest absolute Gasteiger partial charge is 0.0105 e. The lowest BCUT2D eigenvalue weighted by molar-refractivity contribution is 0.147. The summed E-state index contributed by atoms with van der Waals surface area (Å²) in [7, 11) is 4.44. The minimum Gasteiger partial charge on any atom is -0.317 e. The Balaban J connectivity index is 2.44. The molecule has 2 heteroatoms. The molecule has 0 aliphatic heterocycles. The predicted molar refractivity (Wildman–Crippen MR) is 80.9 cm³/mol. The van der Waals surface area contributed by atoms with Crippen LogP contribution >= 0.6 is 0 Å². The van der Waals surface area contributed by atoms with Crippen LogP contribution in [0.25, 0.3) is 0 Å². The number of nitrogens with one attached hydrogen (secondary N) is 1. The van der Waals surface area contributed by atoms with Crippen LogP contribution in [0.5, 0.6) is 0 Å². The monoisotopic (exact) mass is 254 g/mol. The Morgan fingerprint density at radius 2 is 2.00 bits per heavy atom. The van der Waals surface area contributed by atoms with Crippen molar-refractivity contribution in [3.05, 3.63) is 0 Å². The molecule has 1 saturated carbocycles. The van der Waals surface area contributed by atoms with Gasteiger partial charge in [-0.15, -0.1) is 0 Å². The number of rotatable bonds is 7. The molecule has 0 aromatic rings. The molecule has 0 radical (unpaired) electrons. The second-order valence-corrected chi connectivity index (χ2v) is 6.48. The average Bonchev–Trinajstić information content (AvgIpc) is 2.38. The zero-order valence-corrected chi connectivity index (χ0v) is 13.2. The summed E-state index contributed by atoms with van der Waals surface area (Å²) in [6.45, 7) is 9.53. The molecule has 0 aromatic carbocycles. The quantitative estimate of drug-likeness (QED) is 0.749. The first kappa shape index (κ1) is 16.0. The minimum absolute atomic E-state index is 0.743. The summed E-state index contributed by atoms with van der Waals surface area (Å²) in [6.07, 6.45) is 6.88. The Morgan fingerprint density at radius 1 is 1.28 bits per heavy atom. The van der Waals surface area contributed by atoms with Gasteiger partial charge in [-0.2, -0.15) is 0 Å². The van der Waals surface area contributed by atoms with Gasteiger partial charge >= 0.3 is 0 Å². The molecule has 1 aliphatic carbocycles. The second kappa shape index (κ2) is 8.16. The van der Waals surface area contributed by atoms with Crippen molar-refractivity contribution in [1.82, 2.24) is 10.2 Å². The van der Waals surface area contributed by atoms with Crippen molar-refractivity contribution in [1.29, 1.82) is 0 Å². The van der Waals surface area contributed by atoms with E-state index in [1.807, 2.05) is 0 Å². The van der Waals surface area contributed by atoms with Gasteiger partial charge in [0.1, 0.15) is 0 Å². The number of hydrogen-bond acceptors (Lipinski definition) is 2. The van der Waals surface area contributed by atoms with Gasteiger partial charge in [0.25, 0.3) is 0 Å². The minimum atomic E-state index is 0.743. The normalized spacial score (nSPS) is 30.7. The zero-order valence-electron chi connectivity index (χ0n) is 13.2. The molecule has 0 heterocycles. The Hall–Kier alpha value is -0.0800. The first-order valence-corrected chi connectivity index (χ1v) is 7.96. The van der Waals surface area contributed by atoms with Gasteiger partial charge in [-0.25, -0.2) is 0 Å². The summed E-state index contributed by atoms with van der Waals surface area (Å²) in [6, 6.07) is 0.743. The summed E-state index contributed by atoms with van der Waals surface area (Å²) >= 11 is 0. The largest absolute Gasteiger partial charge is 0.317 e. The van der Waals surface area contributed by atoms with Gasteiger partial charge in [-0.3, -0.25) is 0 Å². The second-order valence-electron chi connectivity index (χ2n) is 6.48. The van der Waals surface area contributed by atoms with E-state index in [4.69, 9.17) is 0 Å². The average molecular weight is 254 g/mol. The highest BCUT2D eigenvalue weighted by Gasteiger charge is 2.29. The highest BCUT2D eigenvalue weighted by molar-refractivity contribution is 4.85. The van der Waals surface area contributed by atoms with Crippen LogP contribution in [0.1, 0.15) is 52.9 Å². The third-order valence-electron chi connectivity index (χ3n) is 4.91. The molecular weight excluding hydrogens is 220 g/mol. The molecular formula is C16H34N2. The van der Waals surface area contributed by atoms with E-state index in [-0.39, 0.29) is 0 Å². The fourth-order valence-corrected chi connectivity index (χ4v) is 3.45. The third-order valence-corrected chi connectivity index (χ3v) is 4.91. The van der Waals surface area contributed by atoms with Crippen LogP contribution in [0.15, 0.2) is 0 Å². The van der Waals surface area contributed by atoms with Gasteiger partial charge in [-0.1, -0.05) is 33.6 Å². The molecule has 0 bridgehead atoms. The van der Waals surface area contributed by atoms with Gasteiger partial charge in [0.05, 0.1) is 0 Å². The van der Waals surface area contributed by atoms with Crippen LogP contribution in [0.2, 0.25) is 0 Å². The molecule has 1 N–H and O–H groups in total. The maximum atomic E-state index is 3.54. The van der Waals surface area contributed by atoms with E-state index in [1.54, 1.807) is 0 Å². The van der Waals surface area contributed by atoms with Crippen LogP contribution < -0.4 is 5.32 Å². The summed E-state index contributed by atoms with van der Waals surface area (Å²) in [5.74, 6) is 2.65. The molecule has 1 rings (SSSR count). The molecule has 4 unspecified atom stereocenters. The first-order valence-electron chi connectivity index (χ1n) is 7.96. The highest BCUT2D eigenvalue weighted by atomic mass is 15.1.